The number of fused-ring (bicyclic) bond motifs is 3. The van der Waals surface area contributed by atoms with Crippen molar-refractivity contribution in [1.82, 2.24) is 9.55 Å². The van der Waals surface area contributed by atoms with Gasteiger partial charge in [-0.3, -0.25) is 4.98 Å². The molecule has 6 rings (SSSR count). The van der Waals surface area contributed by atoms with Gasteiger partial charge in [0.05, 0.1) is 16.7 Å². The minimum atomic E-state index is -1.60. The molecule has 0 aliphatic rings. The summed E-state index contributed by atoms with van der Waals surface area (Å²) in [6.45, 7) is 0. The minimum absolute atomic E-state index is 0.593. The van der Waals surface area contributed by atoms with Gasteiger partial charge < -0.3 is 4.57 Å². The molecular formula is C30H22N2. The van der Waals surface area contributed by atoms with E-state index in [2.05, 4.69) is 76.3 Å². The molecule has 0 atom stereocenters. The molecule has 0 saturated carbocycles. The zero-order chi connectivity index (χ0) is 23.1. The van der Waals surface area contributed by atoms with Crippen LogP contribution in [0.2, 0.25) is 0 Å². The van der Waals surface area contributed by atoms with E-state index in [-0.39, 0.29) is 0 Å². The van der Waals surface area contributed by atoms with Crippen LogP contribution in [0, 0.1) is 0 Å². The maximum absolute atomic E-state index is 8.74. The molecule has 0 N–H and O–H groups in total. The van der Waals surface area contributed by atoms with Crippen LogP contribution in [0.15, 0.2) is 121 Å². The lowest BCUT2D eigenvalue weighted by Crippen LogP contribution is -1.93. The van der Waals surface area contributed by atoms with Gasteiger partial charge in [0.15, 0.2) is 0 Å². The highest BCUT2D eigenvalue weighted by Gasteiger charge is 2.13. The number of rotatable bonds is 4. The second-order valence-corrected chi connectivity index (χ2v) is 7.84. The monoisotopic (exact) mass is 412 g/mol. The van der Waals surface area contributed by atoms with Crippen LogP contribution in [0.4, 0.5) is 0 Å². The van der Waals surface area contributed by atoms with E-state index in [4.69, 9.17) is 2.74 Å². The van der Waals surface area contributed by atoms with E-state index in [1.54, 1.807) is 12.3 Å². The Morgan fingerprint density at radius 1 is 0.625 bits per heavy atom. The highest BCUT2D eigenvalue weighted by atomic mass is 15.0. The number of hydrogen-bond donors (Lipinski definition) is 0. The average molecular weight is 413 g/mol. The van der Waals surface area contributed by atoms with E-state index >= 15 is 0 Å². The maximum atomic E-state index is 8.74. The fraction of sp³-hybridized carbons (Fsp3) is 0.0333. The number of nitrogens with zero attached hydrogens (tertiary/aromatic N) is 2. The first-order chi connectivity index (χ1) is 16.6. The molecule has 152 valence electrons. The van der Waals surface area contributed by atoms with E-state index in [0.29, 0.717) is 11.1 Å². The van der Waals surface area contributed by atoms with E-state index in [1.807, 2.05) is 42.5 Å². The summed E-state index contributed by atoms with van der Waals surface area (Å²) >= 11 is 0. The average Bonchev–Trinajstić information content (AvgIpc) is 3.23. The highest BCUT2D eigenvalue weighted by Crippen LogP contribution is 2.34. The van der Waals surface area contributed by atoms with Gasteiger partial charge in [-0.15, -0.1) is 0 Å². The Hall–Kier alpha value is -4.17. The van der Waals surface area contributed by atoms with Gasteiger partial charge in [-0.25, -0.2) is 0 Å². The van der Waals surface area contributed by atoms with Gasteiger partial charge in [-0.1, -0.05) is 72.8 Å². The summed E-state index contributed by atoms with van der Waals surface area (Å²) in [7, 11) is 0. The molecule has 2 aromatic heterocycles. The number of para-hydroxylation sites is 2. The predicted octanol–water partition coefficient (Wildman–Crippen LogP) is 7.44. The maximum Gasteiger partial charge on any atom is 0.0705 e. The smallest absolute Gasteiger partial charge is 0.0705 e. The van der Waals surface area contributed by atoms with Crippen LogP contribution in [-0.2, 0) is 6.37 Å². The third-order valence-electron chi connectivity index (χ3n) is 5.81. The molecular weight excluding hydrogens is 388 g/mol. The van der Waals surface area contributed by atoms with Gasteiger partial charge in [0.25, 0.3) is 0 Å². The minimum Gasteiger partial charge on any atom is -0.309 e. The third-order valence-corrected chi connectivity index (χ3v) is 5.81. The summed E-state index contributed by atoms with van der Waals surface area (Å²) in [4.78, 5) is 4.60. The molecule has 0 bridgehead atoms. The number of pyridine rings is 1. The molecule has 4 aromatic carbocycles. The summed E-state index contributed by atoms with van der Waals surface area (Å²) in [6, 6.07) is 38.1. The summed E-state index contributed by atoms with van der Waals surface area (Å²) in [5.74, 6) is 0. The lowest BCUT2D eigenvalue weighted by molar-refractivity contribution is 1.16. The number of aromatic nitrogens is 2. The van der Waals surface area contributed by atoms with Gasteiger partial charge in [0.2, 0.25) is 0 Å². The molecule has 32 heavy (non-hydrogen) atoms. The Morgan fingerprint density at radius 2 is 1.34 bits per heavy atom. The lowest BCUT2D eigenvalue weighted by Gasteiger charge is -2.08. The van der Waals surface area contributed by atoms with Gasteiger partial charge in [0, 0.05) is 31.0 Å². The van der Waals surface area contributed by atoms with Crippen molar-refractivity contribution in [2.45, 2.75) is 6.37 Å². The first-order valence-electron chi connectivity index (χ1n) is 11.7. The topological polar surface area (TPSA) is 17.8 Å². The van der Waals surface area contributed by atoms with Crippen molar-refractivity contribution in [3.05, 3.63) is 133 Å². The van der Waals surface area contributed by atoms with Crippen molar-refractivity contribution < 1.29 is 2.74 Å². The molecule has 0 spiro atoms. The molecule has 2 heterocycles. The normalized spacial score (nSPS) is 12.6. The molecule has 0 amide bonds. The van der Waals surface area contributed by atoms with Crippen LogP contribution in [0.5, 0.6) is 0 Å². The number of benzene rings is 4. The summed E-state index contributed by atoms with van der Waals surface area (Å²) in [6.07, 6.45) is 0.0925. The highest BCUT2D eigenvalue weighted by molar-refractivity contribution is 6.10. The van der Waals surface area contributed by atoms with Crippen LogP contribution in [-0.4, -0.2) is 9.55 Å². The zero-order valence-corrected chi connectivity index (χ0v) is 17.4. The Balaban J connectivity index is 1.51. The standard InChI is InChI=1S/C30H22N2/c1-3-9-22(10-4-1)19-23-17-18-31-28(20-23)24-15-16-30-27(21-24)26-13-7-8-14-29(26)32(30)25-11-5-2-6-12-25/h1-18,20-21H,19H2/i19D2. The summed E-state index contributed by atoms with van der Waals surface area (Å²) in [5, 5.41) is 2.33. The van der Waals surface area contributed by atoms with Crippen molar-refractivity contribution in [3.63, 3.8) is 0 Å². The van der Waals surface area contributed by atoms with Crippen molar-refractivity contribution in [2.24, 2.45) is 0 Å². The Bertz CT molecular complexity index is 1620. The second-order valence-electron chi connectivity index (χ2n) is 7.84. The fourth-order valence-electron chi connectivity index (χ4n) is 4.34. The molecule has 2 heteroatoms. The van der Waals surface area contributed by atoms with E-state index < -0.39 is 6.37 Å². The second kappa shape index (κ2) is 7.82. The van der Waals surface area contributed by atoms with Crippen LogP contribution in [0.25, 0.3) is 38.8 Å². The zero-order valence-electron chi connectivity index (χ0n) is 19.4. The summed E-state index contributed by atoms with van der Waals surface area (Å²) in [5.41, 5.74) is 6.36. The number of hydrogen-bond acceptors (Lipinski definition) is 1. The quantitative estimate of drug-likeness (QED) is 0.294. The molecule has 0 fully saturated rings. The van der Waals surface area contributed by atoms with Gasteiger partial charge in [-0.2, -0.15) is 0 Å². The molecule has 6 aromatic rings. The Morgan fingerprint density at radius 3 is 2.19 bits per heavy atom. The van der Waals surface area contributed by atoms with Gasteiger partial charge in [-0.05, 0) is 60.0 Å². The fourth-order valence-corrected chi connectivity index (χ4v) is 4.34. The van der Waals surface area contributed by atoms with Gasteiger partial charge in [0.1, 0.15) is 0 Å². The molecule has 2 nitrogen and oxygen atoms in total. The van der Waals surface area contributed by atoms with Crippen LogP contribution in [0.1, 0.15) is 13.9 Å². The first-order valence-corrected chi connectivity index (χ1v) is 10.7. The summed E-state index contributed by atoms with van der Waals surface area (Å²) < 4.78 is 19.8. The third kappa shape index (κ3) is 3.27. The van der Waals surface area contributed by atoms with Crippen molar-refractivity contribution in [1.29, 1.82) is 0 Å². The Labute approximate surface area is 190 Å². The van der Waals surface area contributed by atoms with E-state index in [9.17, 15) is 0 Å². The van der Waals surface area contributed by atoms with Crippen LogP contribution >= 0.6 is 0 Å². The van der Waals surface area contributed by atoms with E-state index in [1.165, 1.54) is 5.39 Å². The first kappa shape index (κ1) is 16.5. The molecule has 0 saturated heterocycles. The molecule has 0 aliphatic carbocycles. The van der Waals surface area contributed by atoms with E-state index in [0.717, 1.165) is 33.4 Å². The van der Waals surface area contributed by atoms with Gasteiger partial charge >= 0.3 is 0 Å². The van der Waals surface area contributed by atoms with Crippen molar-refractivity contribution in [2.75, 3.05) is 0 Å². The lowest BCUT2D eigenvalue weighted by atomic mass is 10.0. The van der Waals surface area contributed by atoms with Crippen molar-refractivity contribution >= 4 is 21.8 Å². The van der Waals surface area contributed by atoms with Crippen LogP contribution in [0.3, 0.4) is 0 Å². The van der Waals surface area contributed by atoms with Crippen molar-refractivity contribution in [3.8, 4) is 16.9 Å². The molecule has 0 unspecified atom stereocenters. The predicted molar refractivity (Wildman–Crippen MR) is 133 cm³/mol. The SMILES string of the molecule is [2H]C([2H])(c1ccccc1)c1ccnc(-c2ccc3c(c2)c2ccccc2n3-c2ccccc2)c1. The molecule has 0 radical (unpaired) electrons. The largest absolute Gasteiger partial charge is 0.309 e. The Kier molecular flexibility index (Phi) is 4.04. The van der Waals surface area contributed by atoms with Crippen LogP contribution < -0.4 is 0 Å². The molecule has 0 aliphatic heterocycles.